The van der Waals surface area contributed by atoms with Gasteiger partial charge in [0.05, 0.1) is 41.0 Å². The summed E-state index contributed by atoms with van der Waals surface area (Å²) in [5.74, 6) is 1.94. The Bertz CT molecular complexity index is 1800. The van der Waals surface area contributed by atoms with Crippen LogP contribution in [0.3, 0.4) is 0 Å². The molecule has 1 N–H and O–H groups in total. The maximum absolute atomic E-state index is 14.3. The molecule has 12 heteroatoms. The van der Waals surface area contributed by atoms with Crippen molar-refractivity contribution in [2.45, 2.75) is 106 Å². The molecular weight excluding hydrogens is 669 g/mol. The van der Waals surface area contributed by atoms with Crippen molar-refractivity contribution in [2.75, 3.05) is 50.8 Å². The van der Waals surface area contributed by atoms with Gasteiger partial charge in [0, 0.05) is 62.6 Å². The Morgan fingerprint density at radius 2 is 1.75 bits per heavy atom. The second-order valence-electron chi connectivity index (χ2n) is 17.8. The summed E-state index contributed by atoms with van der Waals surface area (Å²) in [5, 5.41) is 17.4. The molecule has 0 radical (unpaired) electrons. The summed E-state index contributed by atoms with van der Waals surface area (Å²) in [6.45, 7) is 27.1. The summed E-state index contributed by atoms with van der Waals surface area (Å²) in [5.41, 5.74) is 0.947. The molecule has 0 bridgehead atoms. The van der Waals surface area contributed by atoms with Gasteiger partial charge >= 0.3 is 6.09 Å². The van der Waals surface area contributed by atoms with Gasteiger partial charge in [-0.2, -0.15) is 10.4 Å². The van der Waals surface area contributed by atoms with Crippen LogP contribution in [-0.2, 0) is 9.53 Å². The minimum atomic E-state index is -0.611. The lowest BCUT2D eigenvalue weighted by Gasteiger charge is -2.59. The molecule has 2 aliphatic heterocycles. The molecule has 3 aromatic rings. The highest BCUT2D eigenvalue weighted by molar-refractivity contribution is 5.85. The van der Waals surface area contributed by atoms with Crippen molar-refractivity contribution < 1.29 is 19.1 Å². The average molecular weight is 729 g/mol. The van der Waals surface area contributed by atoms with Crippen LogP contribution in [0.5, 0.6) is 5.75 Å². The van der Waals surface area contributed by atoms with Crippen molar-refractivity contribution in [2.24, 2.45) is 16.7 Å². The molecule has 0 aromatic carbocycles. The third-order valence-corrected chi connectivity index (χ3v) is 10.6. The minimum absolute atomic E-state index is 0.0247. The fourth-order valence-electron chi connectivity index (χ4n) is 8.53. The van der Waals surface area contributed by atoms with Gasteiger partial charge < -0.3 is 24.6 Å². The van der Waals surface area contributed by atoms with Crippen LogP contribution in [0.15, 0.2) is 36.8 Å². The zero-order chi connectivity index (χ0) is 38.9. The number of aromatic nitrogens is 3. The first-order valence-corrected chi connectivity index (χ1v) is 19.1. The first kappa shape index (κ1) is 39.8. The van der Waals surface area contributed by atoms with Gasteiger partial charge in [0.25, 0.3) is 0 Å². The highest BCUT2D eigenvalue weighted by atomic mass is 16.6. The van der Waals surface area contributed by atoms with E-state index in [1.54, 1.807) is 16.9 Å². The maximum atomic E-state index is 14.3. The number of nitrogens with zero attached hydrogens (tertiary/aromatic N) is 7. The van der Waals surface area contributed by atoms with Crippen LogP contribution in [-0.4, -0.2) is 99.5 Å². The molecule has 5 rings (SSSR count). The van der Waals surface area contributed by atoms with E-state index < -0.39 is 16.6 Å². The molecule has 0 aliphatic carbocycles. The van der Waals surface area contributed by atoms with E-state index >= 15 is 0 Å². The van der Waals surface area contributed by atoms with Crippen LogP contribution < -0.4 is 15.0 Å². The molecule has 2 aliphatic rings. The summed E-state index contributed by atoms with van der Waals surface area (Å²) in [6.07, 6.45) is 6.23. The molecule has 2 fully saturated rings. The zero-order valence-electron chi connectivity index (χ0n) is 33.7. The number of pyridine rings is 2. The molecule has 53 heavy (non-hydrogen) atoms. The molecule has 12 nitrogen and oxygen atoms in total. The number of anilines is 1. The summed E-state index contributed by atoms with van der Waals surface area (Å²) in [6, 6.07) is 8.20. The van der Waals surface area contributed by atoms with Gasteiger partial charge in [0.15, 0.2) is 0 Å². The second-order valence-corrected chi connectivity index (χ2v) is 17.8. The standard InChI is InChI=1S/C41H60N8O4/c1-12-52-31-21-32(34-30(22-42)25-45-49(34)26-31)29-13-14-33(43-24-29)46-17-15-41(16-18-46,36(50)44-23-28(2)3)27-47-19-20-48(37(51)53-39(7,8)9)40(10,11)35(47)38(4,5)6/h13-14,21,24-26,28,35H,12,15-20,23,27H2,1-11H3,(H,44,50). The molecule has 2 amide bonds. The zero-order valence-corrected chi connectivity index (χ0v) is 33.7. The van der Waals surface area contributed by atoms with Crippen LogP contribution in [0.2, 0.25) is 0 Å². The number of piperazine rings is 1. The lowest BCUT2D eigenvalue weighted by Crippen LogP contribution is -2.72. The molecule has 5 heterocycles. The molecule has 0 saturated carbocycles. The predicted octanol–water partition coefficient (Wildman–Crippen LogP) is 6.77. The monoisotopic (exact) mass is 728 g/mol. The Hall–Kier alpha value is -4.37. The SMILES string of the molecule is CCOc1cc(-c2ccc(N3CCC(CN4CCN(C(=O)OC(C)(C)C)C(C)(C)C4C(C)(C)C)(C(=O)NCC(C)C)CC3)nc2)c2c(C#N)cnn2c1. The van der Waals surface area contributed by atoms with Gasteiger partial charge in [0.1, 0.15) is 23.2 Å². The first-order chi connectivity index (χ1) is 24.8. The van der Waals surface area contributed by atoms with E-state index in [2.05, 4.69) is 74.8 Å². The quantitative estimate of drug-likeness (QED) is 0.254. The van der Waals surface area contributed by atoms with Crippen molar-refractivity contribution in [3.63, 3.8) is 0 Å². The molecule has 2 saturated heterocycles. The van der Waals surface area contributed by atoms with Crippen molar-refractivity contribution in [1.29, 1.82) is 5.26 Å². The number of hydrogen-bond acceptors (Lipinski definition) is 9. The smallest absolute Gasteiger partial charge is 0.410 e. The van der Waals surface area contributed by atoms with Gasteiger partial charge in [-0.05, 0) is 83.9 Å². The van der Waals surface area contributed by atoms with E-state index in [9.17, 15) is 14.9 Å². The van der Waals surface area contributed by atoms with Crippen LogP contribution >= 0.6 is 0 Å². The number of ether oxygens (including phenoxy) is 2. The number of nitrogens with one attached hydrogen (secondary N) is 1. The number of amides is 2. The first-order valence-electron chi connectivity index (χ1n) is 19.1. The van der Waals surface area contributed by atoms with Gasteiger partial charge in [-0.1, -0.05) is 34.6 Å². The topological polar surface area (TPSA) is 128 Å². The van der Waals surface area contributed by atoms with Gasteiger partial charge in [0.2, 0.25) is 5.91 Å². The van der Waals surface area contributed by atoms with E-state index in [0.717, 1.165) is 16.9 Å². The molecule has 0 spiro atoms. The minimum Gasteiger partial charge on any atom is -0.492 e. The van der Waals surface area contributed by atoms with Crippen molar-refractivity contribution in [3.05, 3.63) is 42.4 Å². The van der Waals surface area contributed by atoms with Crippen LogP contribution in [0.25, 0.3) is 16.6 Å². The average Bonchev–Trinajstić information content (AvgIpc) is 3.48. The Morgan fingerprint density at radius 3 is 2.32 bits per heavy atom. The maximum Gasteiger partial charge on any atom is 0.410 e. The molecule has 1 unspecified atom stereocenters. The van der Waals surface area contributed by atoms with Crippen molar-refractivity contribution >= 4 is 23.3 Å². The largest absolute Gasteiger partial charge is 0.492 e. The molecule has 288 valence electrons. The van der Waals surface area contributed by atoms with E-state index in [1.165, 1.54) is 0 Å². The van der Waals surface area contributed by atoms with E-state index in [4.69, 9.17) is 14.5 Å². The predicted molar refractivity (Wildman–Crippen MR) is 208 cm³/mol. The lowest BCUT2D eigenvalue weighted by atomic mass is 9.70. The Kier molecular flexibility index (Phi) is 11.4. The summed E-state index contributed by atoms with van der Waals surface area (Å²) < 4.78 is 13.4. The number of carbonyl (C=O) groups excluding carboxylic acids is 2. The van der Waals surface area contributed by atoms with Gasteiger partial charge in [-0.3, -0.25) is 9.69 Å². The number of nitriles is 1. The Morgan fingerprint density at radius 1 is 1.06 bits per heavy atom. The van der Waals surface area contributed by atoms with E-state index in [-0.39, 0.29) is 23.5 Å². The Labute approximate surface area is 315 Å². The van der Waals surface area contributed by atoms with Crippen molar-refractivity contribution in [3.8, 4) is 22.9 Å². The normalized spacial score (nSPS) is 19.3. The number of rotatable bonds is 9. The van der Waals surface area contributed by atoms with Gasteiger partial charge in [-0.15, -0.1) is 0 Å². The summed E-state index contributed by atoms with van der Waals surface area (Å²) in [4.78, 5) is 39.3. The Balaban J connectivity index is 1.40. The fourth-order valence-corrected chi connectivity index (χ4v) is 8.53. The van der Waals surface area contributed by atoms with Gasteiger partial charge in [-0.25, -0.2) is 14.3 Å². The van der Waals surface area contributed by atoms with Crippen LogP contribution in [0.4, 0.5) is 10.6 Å². The van der Waals surface area contributed by atoms with Crippen LogP contribution in [0.1, 0.15) is 94.6 Å². The number of hydrogen-bond donors (Lipinski definition) is 1. The second kappa shape index (κ2) is 15.2. The van der Waals surface area contributed by atoms with Crippen molar-refractivity contribution in [1.82, 2.24) is 29.7 Å². The number of piperidine rings is 1. The fraction of sp³-hybridized carbons (Fsp3) is 0.634. The van der Waals surface area contributed by atoms with E-state index in [0.29, 0.717) is 81.5 Å². The summed E-state index contributed by atoms with van der Waals surface area (Å²) >= 11 is 0. The number of carbonyl (C=O) groups is 2. The third-order valence-electron chi connectivity index (χ3n) is 10.6. The summed E-state index contributed by atoms with van der Waals surface area (Å²) in [7, 11) is 0. The lowest BCUT2D eigenvalue weighted by molar-refractivity contribution is -0.139. The third kappa shape index (κ3) is 8.56. The molecule has 3 aromatic heterocycles. The number of fused-ring (bicyclic) bond motifs is 1. The van der Waals surface area contributed by atoms with E-state index in [1.807, 2.05) is 57.0 Å². The highest BCUT2D eigenvalue weighted by Gasteiger charge is 2.53. The highest BCUT2D eigenvalue weighted by Crippen LogP contribution is 2.43. The molecular formula is C41H60N8O4. The molecule has 1 atom stereocenters. The van der Waals surface area contributed by atoms with Crippen LogP contribution in [0, 0.1) is 28.1 Å².